The van der Waals surface area contributed by atoms with Crippen LogP contribution in [0.5, 0.6) is 0 Å². The van der Waals surface area contributed by atoms with E-state index >= 15 is 0 Å². The second-order valence-corrected chi connectivity index (χ2v) is 56.6. The molecule has 37 nitrogen and oxygen atoms in total. The molecule has 8 saturated heterocycles. The topological polar surface area (TPSA) is 483 Å². The maximum absolute atomic E-state index is 12.5. The average Bonchev–Trinajstić information content (AvgIpc) is 1.66. The van der Waals surface area contributed by atoms with Gasteiger partial charge in [-0.25, -0.2) is 0 Å². The van der Waals surface area contributed by atoms with E-state index in [0.717, 1.165) is 32.1 Å². The Morgan fingerprint density at radius 2 is 0.588 bits per heavy atom. The molecule has 43 heteroatoms. The molecule has 10 aliphatic carbocycles. The molecule has 0 radical (unpaired) electrons. The summed E-state index contributed by atoms with van der Waals surface area (Å²) < 4.78 is 248. The second-order valence-electron chi connectivity index (χ2n) is 45.9. The van der Waals surface area contributed by atoms with Gasteiger partial charge < -0.3 is 61.6 Å². The Hall–Kier alpha value is -4.00. The molecule has 780 valence electrons. The molecule has 12 bridgehead atoms. The van der Waals surface area contributed by atoms with E-state index in [-0.39, 0.29) is 177 Å². The minimum absolute atomic E-state index is 0.0170. The summed E-state index contributed by atoms with van der Waals surface area (Å²) in [6, 6.07) is 0. The van der Waals surface area contributed by atoms with Crippen LogP contribution < -0.4 is 0 Å². The van der Waals surface area contributed by atoms with Crippen LogP contribution >= 0.6 is 0 Å². The molecule has 34 atom stereocenters. The van der Waals surface area contributed by atoms with Crippen LogP contribution in [0.1, 0.15) is 289 Å². The van der Waals surface area contributed by atoms with Gasteiger partial charge in [0.2, 0.25) is 25.2 Å². The van der Waals surface area contributed by atoms with Crippen LogP contribution in [0, 0.1) is 103 Å². The molecule has 8 aliphatic heterocycles. The van der Waals surface area contributed by atoms with Gasteiger partial charge in [0.05, 0.1) is 95.4 Å². The summed E-state index contributed by atoms with van der Waals surface area (Å²) in [5, 5.41) is -2.40. The summed E-state index contributed by atoms with van der Waals surface area (Å²) in [4.78, 5) is 72.9. The lowest BCUT2D eigenvalue weighted by molar-refractivity contribution is -0.238. The molecule has 0 aromatic heterocycles. The Bertz CT molecular complexity index is 5000. The molecule has 18 aliphatic rings. The number of carbonyl (C=O) groups excluding carboxylic acids is 6. The Balaban J connectivity index is 0.000000138. The van der Waals surface area contributed by atoms with Crippen LogP contribution in [0.2, 0.25) is 0 Å². The lowest BCUT2D eigenvalue weighted by atomic mass is 9.89. The molecule has 10 saturated carbocycles. The number of hydrogen-bond acceptors (Lipinski definition) is 37. The van der Waals surface area contributed by atoms with E-state index in [2.05, 4.69) is 0 Å². The van der Waals surface area contributed by atoms with E-state index in [1.165, 1.54) is 0 Å². The summed E-state index contributed by atoms with van der Waals surface area (Å²) in [6.07, 6.45) is 3.81. The smallest absolute Gasteiger partial charge is 0.313 e. The van der Waals surface area contributed by atoms with Crippen molar-refractivity contribution in [1.29, 1.82) is 0 Å². The molecule has 18 fully saturated rings. The van der Waals surface area contributed by atoms with Gasteiger partial charge in [-0.15, -0.1) is 0 Å². The van der Waals surface area contributed by atoms with E-state index in [0.29, 0.717) is 83.5 Å². The minimum Gasteiger partial charge on any atom is -0.438 e. The van der Waals surface area contributed by atoms with Gasteiger partial charge in [-0.3, -0.25) is 53.9 Å². The second kappa shape index (κ2) is 39.7. The van der Waals surface area contributed by atoms with Crippen molar-refractivity contribution in [3.63, 3.8) is 0 Å². The molecule has 0 spiro atoms. The molecule has 0 amide bonds. The third-order valence-electron chi connectivity index (χ3n) is 33.1. The Morgan fingerprint density at radius 3 is 0.934 bits per heavy atom. The predicted molar refractivity (Wildman–Crippen MR) is 485 cm³/mol. The van der Waals surface area contributed by atoms with Crippen molar-refractivity contribution in [3.05, 3.63) is 0 Å². The fraction of sp³-hybridized carbons (Fsp3) is 0.935. The van der Waals surface area contributed by atoms with Gasteiger partial charge in [0.1, 0.15) is 54.1 Å². The lowest BCUT2D eigenvalue weighted by Crippen LogP contribution is -2.45. The fourth-order valence-corrected chi connectivity index (χ4v) is 33.2. The first-order valence-corrected chi connectivity index (χ1v) is 57.8. The Labute approximate surface area is 804 Å². The number of rotatable bonds is 32. The van der Waals surface area contributed by atoms with Gasteiger partial charge in [-0.05, 0) is 229 Å². The number of hydrogen-bond donors (Lipinski definition) is 0. The predicted octanol–water partition coefficient (Wildman–Crippen LogP) is 11.4. The van der Waals surface area contributed by atoms with Crippen LogP contribution in [-0.2, 0) is 176 Å². The van der Waals surface area contributed by atoms with Gasteiger partial charge in [-0.2, -0.15) is 50.5 Å². The molecule has 34 unspecified atom stereocenters. The quantitative estimate of drug-likeness (QED) is 0.0261. The number of esters is 6. The molecule has 8 heterocycles. The summed E-state index contributed by atoms with van der Waals surface area (Å²) in [5.74, 6) is -0.787. The highest BCUT2D eigenvalue weighted by molar-refractivity contribution is 7.89. The number of ether oxygens (including phenoxy) is 13. The summed E-state index contributed by atoms with van der Waals surface area (Å²) in [7, 11) is -20.8. The van der Waals surface area contributed by atoms with E-state index in [4.69, 9.17) is 86.7 Å². The van der Waals surface area contributed by atoms with Gasteiger partial charge >= 0.3 is 35.8 Å². The van der Waals surface area contributed by atoms with Crippen molar-refractivity contribution in [2.75, 3.05) is 13.6 Å². The maximum Gasteiger partial charge on any atom is 0.313 e. The minimum atomic E-state index is -3.55. The molecule has 0 aromatic carbocycles. The standard InChI is InChI=1S/C18H30O6S.C17H28O6S.C16H26O6S.C15H24O6S.C14H22O6S.C13H20O7S/c1-7-18(5,6)15(19)23-16(17(2,3)4)22-13-10-8-11-12(9-10)25(20,21)24-14(11)13;1-6-17(4,5)16(18)22-15(9(2)3)21-13-10-7-11-12(8-10)24(19,20)23-14(11)13;1-5-12(21-15(17)16(3,4)6-2)20-13-9-7-10-11(8-9)23(18,19)22-14(10)13;1-5-15(3,4)14(16)20-8(2)19-12-9-6-10-11(7-9)22(17,18)21-13(10)12;1-4-14(2,3)13(15)19-7-18-11-8-5-9-10(6-8)21(16,17)20-12(9)11;1-4-13(2,3)12(14)18-6-17-9-7-5-8-10(19-7)11(9)20-21(8,15)16/h10-14,16H,7-9H2,1-6H3;9-15H,6-8H2,1-5H3;9-14H,5-8H2,1-4H3;8-13H,5-7H2,1-4H3;8-12H,4-7H2,1-3H3;7-11H,4-6H2,1-3H3. The number of fused-ring (bicyclic) bond motifs is 6. The first-order valence-electron chi connectivity index (χ1n) is 49.0. The van der Waals surface area contributed by atoms with Crippen molar-refractivity contribution >= 4 is 96.5 Å². The lowest BCUT2D eigenvalue weighted by Gasteiger charge is -2.37. The van der Waals surface area contributed by atoms with Crippen molar-refractivity contribution in [2.24, 2.45) is 103 Å². The SMILES string of the molecule is CCC(C)(C)C(=O)OC(C)OC1C2CC3C1OS(=O)(=O)C3C2.CCC(C)(C)C(=O)OC(OC1C2CC3C1OS(=O)(=O)C3C2)C(C)(C)C.CCC(C)(C)C(=O)OC(OC1C2CC3C1OS(=O)(=O)C3C2)C(C)C.CCC(C)(C)C(=O)OCOC1C2CC3C(O2)C1OS3(=O)=O.CCC(C)(C)C(=O)OCOC1C2CC3C1OS(=O)(=O)C3C2.CCC(OC(=O)C(C)(C)CC)OC1C2CC3C1OS(=O)(=O)C3C2. The maximum atomic E-state index is 12.5. The third kappa shape index (κ3) is 21.7. The van der Waals surface area contributed by atoms with Gasteiger partial charge in [0.15, 0.2) is 13.6 Å². The molecule has 0 aromatic rings. The third-order valence-corrected chi connectivity index (χ3v) is 43.7. The van der Waals surface area contributed by atoms with Gasteiger partial charge in [0, 0.05) is 47.3 Å². The zero-order chi connectivity index (χ0) is 101. The van der Waals surface area contributed by atoms with E-state index < -0.39 is 178 Å². The first-order chi connectivity index (χ1) is 62.8. The fourth-order valence-electron chi connectivity index (χ4n) is 22.2. The normalized spacial score (nSPS) is 38.8. The summed E-state index contributed by atoms with van der Waals surface area (Å²) >= 11 is 0. The molecule has 18 rings (SSSR count). The van der Waals surface area contributed by atoms with Gasteiger partial charge in [-0.1, -0.05) is 83.1 Å². The van der Waals surface area contributed by atoms with Crippen molar-refractivity contribution in [1.82, 2.24) is 0 Å². The number of carbonyl (C=O) groups is 6. The van der Waals surface area contributed by atoms with Crippen LogP contribution in [0.25, 0.3) is 0 Å². The van der Waals surface area contributed by atoms with Crippen LogP contribution in [-0.4, -0.2) is 242 Å². The van der Waals surface area contributed by atoms with E-state index in [1.807, 2.05) is 152 Å². The molecular weight excluding hydrogens is 1900 g/mol. The highest BCUT2D eigenvalue weighted by Crippen LogP contribution is 2.61. The molecular formula is C93H150O37S6. The van der Waals surface area contributed by atoms with Crippen molar-refractivity contribution < 1.29 is 166 Å². The summed E-state index contributed by atoms with van der Waals surface area (Å²) in [6.45, 7) is 46.5. The highest BCUT2D eigenvalue weighted by atomic mass is 32.2. The first kappa shape index (κ1) is 109. The largest absolute Gasteiger partial charge is 0.438 e. The van der Waals surface area contributed by atoms with Crippen LogP contribution in [0.4, 0.5) is 0 Å². The van der Waals surface area contributed by atoms with Crippen LogP contribution in [0.15, 0.2) is 0 Å². The zero-order valence-electron chi connectivity index (χ0n) is 83.4. The summed E-state index contributed by atoms with van der Waals surface area (Å²) in [5.41, 5.74) is -3.76. The van der Waals surface area contributed by atoms with Gasteiger partial charge in [0.25, 0.3) is 60.7 Å². The molecule has 136 heavy (non-hydrogen) atoms. The Morgan fingerprint density at radius 1 is 0.301 bits per heavy atom. The Kier molecular flexibility index (Phi) is 31.9. The van der Waals surface area contributed by atoms with Crippen LogP contribution in [0.3, 0.4) is 0 Å². The van der Waals surface area contributed by atoms with E-state index in [1.54, 1.807) is 20.8 Å². The van der Waals surface area contributed by atoms with Crippen molar-refractivity contribution in [2.45, 2.75) is 431 Å². The monoisotopic (exact) mass is 2050 g/mol. The highest BCUT2D eigenvalue weighted by Gasteiger charge is 2.71. The average molecular weight is 2050 g/mol. The van der Waals surface area contributed by atoms with Crippen molar-refractivity contribution in [3.8, 4) is 0 Å². The zero-order valence-corrected chi connectivity index (χ0v) is 88.3. The molecule has 0 N–H and O–H groups in total. The van der Waals surface area contributed by atoms with E-state index in [9.17, 15) is 79.3 Å².